The van der Waals surface area contributed by atoms with Crippen LogP contribution in [0, 0.1) is 11.7 Å². The van der Waals surface area contributed by atoms with Crippen LogP contribution in [-0.2, 0) is 0 Å². The molecule has 104 valence electrons. The lowest BCUT2D eigenvalue weighted by Crippen LogP contribution is -2.29. The third-order valence-corrected chi connectivity index (χ3v) is 4.12. The van der Waals surface area contributed by atoms with Gasteiger partial charge in [0.1, 0.15) is 0 Å². The van der Waals surface area contributed by atoms with E-state index in [9.17, 15) is 0 Å². The van der Waals surface area contributed by atoms with Gasteiger partial charge in [-0.15, -0.1) is 0 Å². The van der Waals surface area contributed by atoms with Gasteiger partial charge >= 0.3 is 0 Å². The van der Waals surface area contributed by atoms with E-state index in [2.05, 4.69) is 60.3 Å². The third kappa shape index (κ3) is 2.74. The number of rotatable bonds is 5. The van der Waals surface area contributed by atoms with Crippen LogP contribution in [0.5, 0.6) is 0 Å². The summed E-state index contributed by atoms with van der Waals surface area (Å²) in [6.45, 7) is 12.0. The van der Waals surface area contributed by atoms with Gasteiger partial charge in [0, 0.05) is 12.6 Å². The molecule has 0 aliphatic heterocycles. The number of para-hydroxylation sites is 1. The molecule has 1 aromatic heterocycles. The Hall–Kier alpha value is -1.13. The van der Waals surface area contributed by atoms with Crippen LogP contribution in [0.4, 0.5) is 0 Å². The van der Waals surface area contributed by atoms with E-state index in [0.717, 1.165) is 24.4 Å². The van der Waals surface area contributed by atoms with E-state index in [4.69, 9.17) is 12.2 Å². The molecule has 0 saturated heterocycles. The van der Waals surface area contributed by atoms with Crippen LogP contribution in [0.2, 0.25) is 0 Å². The fraction of sp³-hybridized carbons (Fsp3) is 0.533. The molecule has 0 radical (unpaired) electrons. The summed E-state index contributed by atoms with van der Waals surface area (Å²) in [6, 6.07) is 6.74. The summed E-state index contributed by atoms with van der Waals surface area (Å²) >= 11 is 5.50. The zero-order valence-corrected chi connectivity index (χ0v) is 13.0. The maximum atomic E-state index is 5.50. The minimum absolute atomic E-state index is 0.378. The summed E-state index contributed by atoms with van der Waals surface area (Å²) in [5.74, 6) is 0. The Balaban J connectivity index is 2.42. The molecule has 0 bridgehead atoms. The molecule has 1 heterocycles. The molecule has 0 spiro atoms. The van der Waals surface area contributed by atoms with E-state index < -0.39 is 0 Å². The normalized spacial score (nSPS) is 13.3. The molecule has 2 rings (SSSR count). The van der Waals surface area contributed by atoms with Crippen LogP contribution in [0.1, 0.15) is 32.4 Å². The molecular formula is C15H23N3S. The number of fused-ring (bicyclic) bond motifs is 1. The number of likely N-dealkylation sites (N-methyl/N-ethyl adjacent to an activating group) is 1. The highest BCUT2D eigenvalue weighted by atomic mass is 32.1. The molecule has 0 aliphatic carbocycles. The van der Waals surface area contributed by atoms with Gasteiger partial charge in [0.2, 0.25) is 0 Å². The quantitative estimate of drug-likeness (QED) is 0.838. The van der Waals surface area contributed by atoms with E-state index in [-0.39, 0.29) is 0 Å². The van der Waals surface area contributed by atoms with Crippen molar-refractivity contribution >= 4 is 23.3 Å². The highest BCUT2D eigenvalue weighted by Gasteiger charge is 2.14. The van der Waals surface area contributed by atoms with E-state index in [0.29, 0.717) is 6.04 Å². The van der Waals surface area contributed by atoms with Crippen molar-refractivity contribution in [2.45, 2.75) is 33.7 Å². The number of H-pyrrole nitrogens is 1. The minimum atomic E-state index is 0.378. The number of aryl methyl sites for hydroxylation is 1. The van der Waals surface area contributed by atoms with Gasteiger partial charge in [0.25, 0.3) is 0 Å². The SMILES string of the molecule is CCN(CC)CC(C)n1c(=S)[nH]c2c(C)cccc21. The predicted octanol–water partition coefficient (Wildman–Crippen LogP) is 3.91. The first kappa shape index (κ1) is 14.3. The Morgan fingerprint density at radius 2 is 2.00 bits per heavy atom. The monoisotopic (exact) mass is 277 g/mol. The Morgan fingerprint density at radius 3 is 2.63 bits per heavy atom. The standard InChI is InChI=1S/C15H23N3S/c1-5-17(6-2)10-12(4)18-13-9-7-8-11(3)14(13)16-15(18)19/h7-9,12H,5-6,10H2,1-4H3,(H,16,19). The van der Waals surface area contributed by atoms with Gasteiger partial charge in [-0.1, -0.05) is 26.0 Å². The molecule has 0 aliphatic rings. The Bertz CT molecular complexity index is 607. The molecule has 0 amide bonds. The van der Waals surface area contributed by atoms with Crippen LogP contribution in [0.15, 0.2) is 18.2 Å². The van der Waals surface area contributed by atoms with Crippen LogP contribution in [0.25, 0.3) is 11.0 Å². The largest absolute Gasteiger partial charge is 0.330 e. The number of hydrogen-bond acceptors (Lipinski definition) is 2. The highest BCUT2D eigenvalue weighted by Crippen LogP contribution is 2.22. The molecule has 1 unspecified atom stereocenters. The first-order valence-corrected chi connectivity index (χ1v) is 7.41. The summed E-state index contributed by atoms with van der Waals surface area (Å²) in [7, 11) is 0. The average molecular weight is 277 g/mol. The predicted molar refractivity (Wildman–Crippen MR) is 84.4 cm³/mol. The molecule has 3 nitrogen and oxygen atoms in total. The highest BCUT2D eigenvalue weighted by molar-refractivity contribution is 7.71. The van der Waals surface area contributed by atoms with Crippen molar-refractivity contribution in [3.63, 3.8) is 0 Å². The summed E-state index contributed by atoms with van der Waals surface area (Å²) in [4.78, 5) is 5.78. The second-order valence-corrected chi connectivity index (χ2v) is 5.49. The fourth-order valence-corrected chi connectivity index (χ4v) is 3.05. The van der Waals surface area contributed by atoms with Crippen molar-refractivity contribution in [2.24, 2.45) is 0 Å². The van der Waals surface area contributed by atoms with Gasteiger partial charge in [0.15, 0.2) is 4.77 Å². The van der Waals surface area contributed by atoms with Gasteiger partial charge in [-0.05, 0) is 50.8 Å². The lowest BCUT2D eigenvalue weighted by Gasteiger charge is -2.24. The second kappa shape index (κ2) is 5.88. The Morgan fingerprint density at radius 1 is 1.32 bits per heavy atom. The lowest BCUT2D eigenvalue weighted by atomic mass is 10.2. The first-order valence-electron chi connectivity index (χ1n) is 7.00. The Labute approximate surface area is 120 Å². The minimum Gasteiger partial charge on any atom is -0.330 e. The average Bonchev–Trinajstić information content (AvgIpc) is 2.73. The topological polar surface area (TPSA) is 24.0 Å². The van der Waals surface area contributed by atoms with Gasteiger partial charge < -0.3 is 14.5 Å². The number of aromatic amines is 1. The first-order chi connectivity index (χ1) is 9.08. The summed E-state index contributed by atoms with van der Waals surface area (Å²) in [5, 5.41) is 0. The smallest absolute Gasteiger partial charge is 0.178 e. The van der Waals surface area contributed by atoms with Gasteiger partial charge in [-0.2, -0.15) is 0 Å². The van der Waals surface area contributed by atoms with Crippen LogP contribution in [0.3, 0.4) is 0 Å². The molecule has 1 aromatic carbocycles. The maximum Gasteiger partial charge on any atom is 0.178 e. The summed E-state index contributed by atoms with van der Waals surface area (Å²) in [5.41, 5.74) is 3.63. The van der Waals surface area contributed by atoms with Gasteiger partial charge in [-0.25, -0.2) is 0 Å². The number of nitrogens with one attached hydrogen (secondary N) is 1. The number of hydrogen-bond donors (Lipinski definition) is 1. The van der Waals surface area contributed by atoms with Crippen molar-refractivity contribution in [1.82, 2.24) is 14.5 Å². The summed E-state index contributed by atoms with van der Waals surface area (Å²) in [6.07, 6.45) is 0. The molecule has 0 saturated carbocycles. The zero-order chi connectivity index (χ0) is 14.0. The summed E-state index contributed by atoms with van der Waals surface area (Å²) < 4.78 is 3.07. The van der Waals surface area contributed by atoms with Gasteiger partial charge in [0.05, 0.1) is 11.0 Å². The number of nitrogens with zero attached hydrogens (tertiary/aromatic N) is 2. The van der Waals surface area contributed by atoms with Crippen LogP contribution in [-0.4, -0.2) is 34.1 Å². The van der Waals surface area contributed by atoms with Crippen molar-refractivity contribution < 1.29 is 0 Å². The molecule has 0 fully saturated rings. The molecule has 4 heteroatoms. The Kier molecular flexibility index (Phi) is 4.42. The van der Waals surface area contributed by atoms with Gasteiger partial charge in [-0.3, -0.25) is 0 Å². The molecule has 1 N–H and O–H groups in total. The third-order valence-electron chi connectivity index (χ3n) is 3.82. The van der Waals surface area contributed by atoms with Crippen molar-refractivity contribution in [2.75, 3.05) is 19.6 Å². The maximum absolute atomic E-state index is 5.50. The second-order valence-electron chi connectivity index (χ2n) is 5.10. The molecular weight excluding hydrogens is 254 g/mol. The molecule has 1 atom stereocenters. The van der Waals surface area contributed by atoms with E-state index in [1.165, 1.54) is 16.6 Å². The van der Waals surface area contributed by atoms with Crippen LogP contribution >= 0.6 is 12.2 Å². The fourth-order valence-electron chi connectivity index (χ4n) is 2.67. The zero-order valence-electron chi connectivity index (χ0n) is 12.2. The van der Waals surface area contributed by atoms with Crippen molar-refractivity contribution in [3.8, 4) is 0 Å². The van der Waals surface area contributed by atoms with E-state index in [1.54, 1.807) is 0 Å². The molecule has 2 aromatic rings. The number of benzene rings is 1. The number of imidazole rings is 1. The van der Waals surface area contributed by atoms with E-state index >= 15 is 0 Å². The molecule has 19 heavy (non-hydrogen) atoms. The van der Waals surface area contributed by atoms with Crippen molar-refractivity contribution in [1.29, 1.82) is 0 Å². The van der Waals surface area contributed by atoms with Crippen molar-refractivity contribution in [3.05, 3.63) is 28.5 Å². The lowest BCUT2D eigenvalue weighted by molar-refractivity contribution is 0.262. The number of aromatic nitrogens is 2. The van der Waals surface area contributed by atoms with E-state index in [1.807, 2.05) is 0 Å². The van der Waals surface area contributed by atoms with Crippen LogP contribution < -0.4 is 0 Å².